The predicted octanol–water partition coefficient (Wildman–Crippen LogP) is 2.76. The number of nitrogens with one attached hydrogen (secondary N) is 1. The van der Waals surface area contributed by atoms with Gasteiger partial charge in [-0.2, -0.15) is 0 Å². The summed E-state index contributed by atoms with van der Waals surface area (Å²) >= 11 is 2.21. The van der Waals surface area contributed by atoms with Gasteiger partial charge < -0.3 is 10.4 Å². The molecule has 1 aromatic rings. The molecule has 0 aliphatic carbocycles. The second-order valence-corrected chi connectivity index (χ2v) is 5.77. The molecule has 4 nitrogen and oxygen atoms in total. The topological polar surface area (TPSA) is 66.4 Å². The minimum atomic E-state index is -0.912. The predicted molar refractivity (Wildman–Crippen MR) is 86.5 cm³/mol. The van der Waals surface area contributed by atoms with Crippen LogP contribution in [0.1, 0.15) is 24.8 Å². The Kier molecular flexibility index (Phi) is 7.28. The molecule has 0 aliphatic rings. The van der Waals surface area contributed by atoms with Crippen LogP contribution in [0, 0.1) is 3.57 Å². The van der Waals surface area contributed by atoms with E-state index in [-0.39, 0.29) is 18.4 Å². The number of allylic oxidation sites excluding steroid dienone is 1. The molecule has 0 bridgehead atoms. The Hall–Kier alpha value is -1.37. The summed E-state index contributed by atoms with van der Waals surface area (Å²) in [6.45, 7) is 3.56. The average molecular weight is 387 g/mol. The molecule has 5 heteroatoms. The van der Waals surface area contributed by atoms with Crippen molar-refractivity contribution in [3.63, 3.8) is 0 Å². The van der Waals surface area contributed by atoms with Crippen molar-refractivity contribution in [3.05, 3.63) is 46.1 Å². The maximum Gasteiger partial charge on any atom is 0.305 e. The number of aliphatic carboxylic acids is 1. The molecule has 0 unspecified atom stereocenters. The largest absolute Gasteiger partial charge is 0.481 e. The van der Waals surface area contributed by atoms with Crippen molar-refractivity contribution in [2.45, 2.75) is 31.7 Å². The van der Waals surface area contributed by atoms with E-state index in [9.17, 15) is 9.59 Å². The molecule has 0 saturated carbocycles. The molecular formula is C15H18INO3. The van der Waals surface area contributed by atoms with Crippen LogP contribution in [0.4, 0.5) is 0 Å². The highest BCUT2D eigenvalue weighted by Gasteiger charge is 2.16. The summed E-state index contributed by atoms with van der Waals surface area (Å²) in [5.41, 5.74) is 1.01. The van der Waals surface area contributed by atoms with E-state index in [0.717, 1.165) is 9.13 Å². The van der Waals surface area contributed by atoms with Gasteiger partial charge in [0.2, 0.25) is 5.91 Å². The van der Waals surface area contributed by atoms with E-state index in [1.807, 2.05) is 24.3 Å². The number of hydrogen-bond donors (Lipinski definition) is 2. The van der Waals surface area contributed by atoms with E-state index in [4.69, 9.17) is 5.11 Å². The summed E-state index contributed by atoms with van der Waals surface area (Å²) in [4.78, 5) is 22.6. The van der Waals surface area contributed by atoms with Gasteiger partial charge in [0.15, 0.2) is 0 Å². The van der Waals surface area contributed by atoms with E-state index < -0.39 is 5.97 Å². The van der Waals surface area contributed by atoms with Crippen molar-refractivity contribution >= 4 is 34.5 Å². The van der Waals surface area contributed by atoms with Crippen molar-refractivity contribution in [3.8, 4) is 0 Å². The fourth-order valence-electron chi connectivity index (χ4n) is 1.82. The first-order chi connectivity index (χ1) is 9.51. The fourth-order valence-corrected chi connectivity index (χ4v) is 2.18. The van der Waals surface area contributed by atoms with Gasteiger partial charge in [0.25, 0.3) is 0 Å². The van der Waals surface area contributed by atoms with E-state index >= 15 is 0 Å². The normalized spacial score (nSPS) is 11.7. The van der Waals surface area contributed by atoms with Gasteiger partial charge in [-0.1, -0.05) is 18.2 Å². The van der Waals surface area contributed by atoms with Gasteiger partial charge in [-0.3, -0.25) is 9.59 Å². The lowest BCUT2D eigenvalue weighted by Crippen LogP contribution is -2.37. The Morgan fingerprint density at radius 2 is 2.00 bits per heavy atom. The average Bonchev–Trinajstić information content (AvgIpc) is 2.38. The van der Waals surface area contributed by atoms with Crippen LogP contribution in [0.5, 0.6) is 0 Å². The second-order valence-electron chi connectivity index (χ2n) is 4.52. The van der Waals surface area contributed by atoms with Crippen LogP contribution < -0.4 is 5.32 Å². The van der Waals surface area contributed by atoms with Crippen LogP contribution >= 0.6 is 22.6 Å². The Bertz CT molecular complexity index is 471. The number of carboxylic acids is 1. The number of carboxylic acid groups (broad SMARTS) is 1. The second kappa shape index (κ2) is 8.73. The molecule has 0 aromatic heterocycles. The van der Waals surface area contributed by atoms with Crippen LogP contribution in [0.25, 0.3) is 0 Å². The van der Waals surface area contributed by atoms with Crippen molar-refractivity contribution in [2.75, 3.05) is 0 Å². The third-order valence-corrected chi connectivity index (χ3v) is 3.48. The molecule has 2 N–H and O–H groups in total. The first-order valence-corrected chi connectivity index (χ1v) is 7.45. The summed E-state index contributed by atoms with van der Waals surface area (Å²) in [7, 11) is 0. The van der Waals surface area contributed by atoms with Gasteiger partial charge in [-0.05, 0) is 53.1 Å². The van der Waals surface area contributed by atoms with Crippen molar-refractivity contribution in [1.82, 2.24) is 5.32 Å². The number of carbonyl (C=O) groups excluding carboxylic acids is 1. The van der Waals surface area contributed by atoms with Crippen molar-refractivity contribution in [2.24, 2.45) is 0 Å². The number of amides is 1. The third kappa shape index (κ3) is 6.70. The highest BCUT2D eigenvalue weighted by atomic mass is 127. The Morgan fingerprint density at radius 3 is 2.55 bits per heavy atom. The zero-order chi connectivity index (χ0) is 15.0. The quantitative estimate of drug-likeness (QED) is 0.533. The van der Waals surface area contributed by atoms with Gasteiger partial charge in [-0.15, -0.1) is 6.58 Å². The maximum absolute atomic E-state index is 11.7. The summed E-state index contributed by atoms with van der Waals surface area (Å²) < 4.78 is 1.12. The number of carbonyl (C=O) groups is 2. The molecule has 0 heterocycles. The highest BCUT2D eigenvalue weighted by Crippen LogP contribution is 2.10. The fraction of sp³-hybridized carbons (Fsp3) is 0.333. The standard InChI is InChI=1S/C15H18INO3/c1-2-3-4-14(18)17-13(10-15(19)20)9-11-5-7-12(16)8-6-11/h2,5-8,13H,1,3-4,9-10H2,(H,17,18)(H,19,20)/t13-/m0/s1. The van der Waals surface area contributed by atoms with Crippen molar-refractivity contribution in [1.29, 1.82) is 0 Å². The maximum atomic E-state index is 11.7. The Balaban J connectivity index is 2.63. The third-order valence-electron chi connectivity index (χ3n) is 2.76. The van der Waals surface area contributed by atoms with Crippen LogP contribution in [0.3, 0.4) is 0 Å². The monoisotopic (exact) mass is 387 g/mol. The summed E-state index contributed by atoms with van der Waals surface area (Å²) in [5.74, 6) is -1.05. The van der Waals surface area contributed by atoms with Crippen molar-refractivity contribution < 1.29 is 14.7 Å². The molecule has 0 aliphatic heterocycles. The van der Waals surface area contributed by atoms with Crippen LogP contribution in [0.2, 0.25) is 0 Å². The smallest absolute Gasteiger partial charge is 0.305 e. The molecule has 0 fully saturated rings. The summed E-state index contributed by atoms with van der Waals surface area (Å²) in [6, 6.07) is 7.45. The van der Waals surface area contributed by atoms with E-state index in [0.29, 0.717) is 19.3 Å². The van der Waals surface area contributed by atoms with Crippen LogP contribution in [0.15, 0.2) is 36.9 Å². The molecule has 1 amide bonds. The summed E-state index contributed by atoms with van der Waals surface area (Å²) in [5, 5.41) is 11.7. The first kappa shape index (κ1) is 16.7. The lowest BCUT2D eigenvalue weighted by molar-refractivity contribution is -0.137. The molecule has 20 heavy (non-hydrogen) atoms. The number of benzene rings is 1. The number of hydrogen-bond acceptors (Lipinski definition) is 2. The van der Waals surface area contributed by atoms with Gasteiger partial charge >= 0.3 is 5.97 Å². The molecule has 108 valence electrons. The molecule has 0 saturated heterocycles. The molecule has 1 aromatic carbocycles. The first-order valence-electron chi connectivity index (χ1n) is 6.37. The van der Waals surface area contributed by atoms with Gasteiger partial charge in [-0.25, -0.2) is 0 Å². The number of rotatable bonds is 8. The molecule has 1 atom stereocenters. The zero-order valence-electron chi connectivity index (χ0n) is 11.1. The molecule has 1 rings (SSSR count). The van der Waals surface area contributed by atoms with E-state index in [1.165, 1.54) is 0 Å². The lowest BCUT2D eigenvalue weighted by atomic mass is 10.0. The van der Waals surface area contributed by atoms with Crippen LogP contribution in [-0.2, 0) is 16.0 Å². The highest BCUT2D eigenvalue weighted by molar-refractivity contribution is 14.1. The van der Waals surface area contributed by atoms with Gasteiger partial charge in [0, 0.05) is 16.0 Å². The van der Waals surface area contributed by atoms with Crippen LogP contribution in [-0.4, -0.2) is 23.0 Å². The lowest BCUT2D eigenvalue weighted by Gasteiger charge is -2.17. The van der Waals surface area contributed by atoms with E-state index in [1.54, 1.807) is 6.08 Å². The Labute approximate surface area is 132 Å². The number of halogens is 1. The minimum absolute atomic E-state index is 0.0776. The zero-order valence-corrected chi connectivity index (χ0v) is 13.3. The Morgan fingerprint density at radius 1 is 1.35 bits per heavy atom. The molecule has 0 spiro atoms. The molecular weight excluding hydrogens is 369 g/mol. The molecule has 0 radical (unpaired) electrons. The minimum Gasteiger partial charge on any atom is -0.481 e. The SMILES string of the molecule is C=CCCC(=O)N[C@H](CC(=O)O)Cc1ccc(I)cc1. The van der Waals surface area contributed by atoms with Gasteiger partial charge in [0.1, 0.15) is 0 Å². The van der Waals surface area contributed by atoms with Gasteiger partial charge in [0.05, 0.1) is 6.42 Å². The van der Waals surface area contributed by atoms with E-state index in [2.05, 4.69) is 34.5 Å². The summed E-state index contributed by atoms with van der Waals surface area (Å²) in [6.07, 6.45) is 3.04.